The third-order valence-corrected chi connectivity index (χ3v) is 3.26. The minimum atomic E-state index is -0.717. The molecule has 2 aromatic rings. The number of methoxy groups -OCH3 is 1. The number of aromatic nitrogens is 1. The normalized spacial score (nSPS) is 12.0. The molecule has 2 N–H and O–H groups in total. The van der Waals surface area contributed by atoms with Gasteiger partial charge in [0, 0.05) is 19.2 Å². The van der Waals surface area contributed by atoms with Gasteiger partial charge in [-0.2, -0.15) is 0 Å². The molecule has 0 fully saturated rings. The van der Waals surface area contributed by atoms with Crippen molar-refractivity contribution in [1.29, 1.82) is 0 Å². The number of aliphatic hydroxyl groups is 1. The van der Waals surface area contributed by atoms with Crippen LogP contribution in [0.25, 0.3) is 11.3 Å². The van der Waals surface area contributed by atoms with Crippen LogP contribution in [0.1, 0.15) is 16.1 Å². The van der Waals surface area contributed by atoms with Gasteiger partial charge in [0.25, 0.3) is 5.91 Å². The van der Waals surface area contributed by atoms with E-state index in [1.54, 1.807) is 13.0 Å². The van der Waals surface area contributed by atoms with E-state index in [1.165, 1.54) is 7.11 Å². The lowest BCUT2D eigenvalue weighted by Crippen LogP contribution is -2.34. The van der Waals surface area contributed by atoms with Gasteiger partial charge < -0.3 is 15.2 Å². The van der Waals surface area contributed by atoms with Crippen molar-refractivity contribution in [2.24, 2.45) is 0 Å². The zero-order chi connectivity index (χ0) is 15.9. The standard InChI is InChI=1S/C17H20N2O3/c1-12-15(17(21)18-10-14(20)11-22-2)8-9-16(19-12)13-6-4-3-5-7-13/h3-9,14,20H,10-11H2,1-2H3,(H,18,21). The fraction of sp³-hybridized carbons (Fsp3) is 0.294. The maximum atomic E-state index is 12.1. The van der Waals surface area contributed by atoms with Gasteiger partial charge in [-0.15, -0.1) is 0 Å². The second-order valence-electron chi connectivity index (χ2n) is 5.01. The molecule has 1 amide bonds. The zero-order valence-electron chi connectivity index (χ0n) is 12.7. The summed E-state index contributed by atoms with van der Waals surface area (Å²) in [6, 6.07) is 13.4. The Labute approximate surface area is 130 Å². The summed E-state index contributed by atoms with van der Waals surface area (Å²) < 4.78 is 4.82. The number of rotatable bonds is 6. The summed E-state index contributed by atoms with van der Waals surface area (Å²) in [5.74, 6) is -0.250. The van der Waals surface area contributed by atoms with Crippen LogP contribution in [0.5, 0.6) is 0 Å². The third-order valence-electron chi connectivity index (χ3n) is 3.26. The minimum absolute atomic E-state index is 0.145. The van der Waals surface area contributed by atoms with Crippen LogP contribution >= 0.6 is 0 Å². The lowest BCUT2D eigenvalue weighted by atomic mass is 10.1. The number of carbonyl (C=O) groups is 1. The number of aryl methyl sites for hydroxylation is 1. The Hall–Kier alpha value is -2.24. The highest BCUT2D eigenvalue weighted by Gasteiger charge is 2.13. The molecule has 22 heavy (non-hydrogen) atoms. The van der Waals surface area contributed by atoms with Crippen molar-refractivity contribution in [1.82, 2.24) is 10.3 Å². The SMILES string of the molecule is COCC(O)CNC(=O)c1ccc(-c2ccccc2)nc1C. The van der Waals surface area contributed by atoms with E-state index < -0.39 is 6.10 Å². The van der Waals surface area contributed by atoms with Gasteiger partial charge in [0.2, 0.25) is 0 Å². The molecule has 0 aliphatic rings. The number of benzene rings is 1. The minimum Gasteiger partial charge on any atom is -0.389 e. The molecule has 5 nitrogen and oxygen atoms in total. The number of pyridine rings is 1. The van der Waals surface area contributed by atoms with E-state index in [1.807, 2.05) is 36.4 Å². The number of ether oxygens (including phenoxy) is 1. The molecule has 2 rings (SSSR count). The highest BCUT2D eigenvalue weighted by molar-refractivity contribution is 5.95. The van der Waals surface area contributed by atoms with Gasteiger partial charge in [-0.05, 0) is 19.1 Å². The smallest absolute Gasteiger partial charge is 0.253 e. The Morgan fingerprint density at radius 3 is 2.64 bits per heavy atom. The number of amides is 1. The van der Waals surface area contributed by atoms with E-state index >= 15 is 0 Å². The maximum Gasteiger partial charge on any atom is 0.253 e. The van der Waals surface area contributed by atoms with Crippen LogP contribution in [0.4, 0.5) is 0 Å². The van der Waals surface area contributed by atoms with E-state index in [4.69, 9.17) is 4.74 Å². The molecule has 0 spiro atoms. The quantitative estimate of drug-likeness (QED) is 0.853. The van der Waals surface area contributed by atoms with Crippen LogP contribution in [0.15, 0.2) is 42.5 Å². The molecule has 0 aliphatic heterocycles. The van der Waals surface area contributed by atoms with E-state index in [0.29, 0.717) is 11.3 Å². The molecule has 1 atom stereocenters. The maximum absolute atomic E-state index is 12.1. The molecule has 0 aliphatic carbocycles. The van der Waals surface area contributed by atoms with Gasteiger partial charge in [-0.1, -0.05) is 30.3 Å². The number of nitrogens with one attached hydrogen (secondary N) is 1. The van der Waals surface area contributed by atoms with Gasteiger partial charge >= 0.3 is 0 Å². The summed E-state index contributed by atoms with van der Waals surface area (Å²) in [6.07, 6.45) is -0.717. The summed E-state index contributed by atoms with van der Waals surface area (Å²) in [5, 5.41) is 12.2. The largest absolute Gasteiger partial charge is 0.389 e. The Kier molecular flexibility index (Phi) is 5.63. The van der Waals surface area contributed by atoms with Gasteiger partial charge in [-0.3, -0.25) is 9.78 Å². The van der Waals surface area contributed by atoms with Gasteiger partial charge in [0.15, 0.2) is 0 Å². The molecule has 0 saturated heterocycles. The van der Waals surface area contributed by atoms with Crippen LogP contribution in [0, 0.1) is 6.92 Å². The number of nitrogens with zero attached hydrogens (tertiary/aromatic N) is 1. The van der Waals surface area contributed by atoms with E-state index in [2.05, 4.69) is 10.3 Å². The first-order chi connectivity index (χ1) is 10.6. The Bertz CT molecular complexity index is 629. The summed E-state index contributed by atoms with van der Waals surface area (Å²) in [5.41, 5.74) is 2.99. The molecule has 1 aromatic carbocycles. The number of carbonyl (C=O) groups excluding carboxylic acids is 1. The van der Waals surface area contributed by atoms with Crippen LogP contribution in [0.2, 0.25) is 0 Å². The van der Waals surface area contributed by atoms with Crippen LogP contribution in [-0.2, 0) is 4.74 Å². The van der Waals surface area contributed by atoms with Crippen molar-refractivity contribution in [3.05, 3.63) is 53.7 Å². The topological polar surface area (TPSA) is 71.5 Å². The first-order valence-corrected chi connectivity index (χ1v) is 7.10. The Balaban J connectivity index is 2.08. The van der Waals surface area contributed by atoms with E-state index in [0.717, 1.165) is 11.3 Å². The lowest BCUT2D eigenvalue weighted by molar-refractivity contribution is 0.0609. The van der Waals surface area contributed by atoms with Crippen molar-refractivity contribution in [3.63, 3.8) is 0 Å². The van der Waals surface area contributed by atoms with E-state index in [9.17, 15) is 9.90 Å². The molecule has 1 unspecified atom stereocenters. The molecule has 0 saturated carbocycles. The summed E-state index contributed by atoms with van der Waals surface area (Å²) in [4.78, 5) is 16.6. The van der Waals surface area contributed by atoms with Crippen LogP contribution < -0.4 is 5.32 Å². The summed E-state index contributed by atoms with van der Waals surface area (Å²) >= 11 is 0. The summed E-state index contributed by atoms with van der Waals surface area (Å²) in [6.45, 7) is 2.13. The second-order valence-corrected chi connectivity index (χ2v) is 5.01. The van der Waals surface area contributed by atoms with Crippen molar-refractivity contribution < 1.29 is 14.6 Å². The van der Waals surface area contributed by atoms with Crippen molar-refractivity contribution in [3.8, 4) is 11.3 Å². The predicted molar refractivity (Wildman–Crippen MR) is 84.6 cm³/mol. The van der Waals surface area contributed by atoms with Crippen molar-refractivity contribution in [2.45, 2.75) is 13.0 Å². The molecule has 0 bridgehead atoms. The molecule has 0 radical (unpaired) electrons. The molecule has 116 valence electrons. The highest BCUT2D eigenvalue weighted by Crippen LogP contribution is 2.18. The molecular weight excluding hydrogens is 280 g/mol. The average Bonchev–Trinajstić information content (AvgIpc) is 2.53. The number of hydrogen-bond acceptors (Lipinski definition) is 4. The van der Waals surface area contributed by atoms with Crippen molar-refractivity contribution in [2.75, 3.05) is 20.3 Å². The Morgan fingerprint density at radius 2 is 2.00 bits per heavy atom. The Morgan fingerprint density at radius 1 is 1.27 bits per heavy atom. The van der Waals surface area contributed by atoms with Gasteiger partial charge in [-0.25, -0.2) is 0 Å². The fourth-order valence-corrected chi connectivity index (χ4v) is 2.13. The first kappa shape index (κ1) is 16.1. The predicted octanol–water partition coefficient (Wildman–Crippen LogP) is 1.79. The average molecular weight is 300 g/mol. The van der Waals surface area contributed by atoms with Crippen LogP contribution in [-0.4, -0.2) is 42.4 Å². The monoisotopic (exact) mass is 300 g/mol. The summed E-state index contributed by atoms with van der Waals surface area (Å²) in [7, 11) is 1.50. The number of aliphatic hydroxyl groups excluding tert-OH is 1. The number of hydrogen-bond donors (Lipinski definition) is 2. The lowest BCUT2D eigenvalue weighted by Gasteiger charge is -2.12. The molecule has 1 heterocycles. The van der Waals surface area contributed by atoms with Gasteiger partial charge in [0.05, 0.1) is 29.7 Å². The molecule has 5 heteroatoms. The van der Waals surface area contributed by atoms with E-state index in [-0.39, 0.29) is 19.1 Å². The first-order valence-electron chi connectivity index (χ1n) is 7.10. The zero-order valence-corrected chi connectivity index (χ0v) is 12.7. The highest BCUT2D eigenvalue weighted by atomic mass is 16.5. The fourth-order valence-electron chi connectivity index (χ4n) is 2.13. The molecule has 1 aromatic heterocycles. The third kappa shape index (κ3) is 4.13. The van der Waals surface area contributed by atoms with Crippen molar-refractivity contribution >= 4 is 5.91 Å². The molecular formula is C17H20N2O3. The van der Waals surface area contributed by atoms with Crippen LogP contribution in [0.3, 0.4) is 0 Å². The second kappa shape index (κ2) is 7.68. The van der Waals surface area contributed by atoms with Gasteiger partial charge in [0.1, 0.15) is 0 Å².